The number of aliphatic hydroxyl groups excluding tert-OH is 1. The van der Waals surface area contributed by atoms with Crippen LogP contribution in [0.3, 0.4) is 0 Å². The Hall–Kier alpha value is -2.29. The van der Waals surface area contributed by atoms with Gasteiger partial charge in [0.2, 0.25) is 0 Å². The highest BCUT2D eigenvalue weighted by Gasteiger charge is 2.40. The van der Waals surface area contributed by atoms with E-state index in [0.29, 0.717) is 25.7 Å². The lowest BCUT2D eigenvalue weighted by atomic mass is 9.89. The summed E-state index contributed by atoms with van der Waals surface area (Å²) in [6.45, 7) is 0.280. The Kier molecular flexibility index (Phi) is 11.3. The average molecular weight is 454 g/mol. The van der Waals surface area contributed by atoms with Crippen molar-refractivity contribution < 1.29 is 33.0 Å². The quantitative estimate of drug-likeness (QED) is 0.203. The summed E-state index contributed by atoms with van der Waals surface area (Å²) in [6.07, 6.45) is 11.3. The minimum atomic E-state index is -0.676. The minimum absolute atomic E-state index is 0.0222. The topological polar surface area (TPSA) is 77.0 Å². The smallest absolute Gasteiger partial charge is 0.305 e. The molecule has 8 heteroatoms. The molecule has 0 heterocycles. The van der Waals surface area contributed by atoms with Crippen LogP contribution in [0.2, 0.25) is 0 Å². The maximum absolute atomic E-state index is 13.2. The molecule has 1 fully saturated rings. The maximum atomic E-state index is 13.2. The van der Waals surface area contributed by atoms with Gasteiger partial charge in [0.1, 0.15) is 17.4 Å². The van der Waals surface area contributed by atoms with E-state index in [0.717, 1.165) is 31.0 Å². The molecule has 2 rings (SSSR count). The molecule has 32 heavy (non-hydrogen) atoms. The van der Waals surface area contributed by atoms with Gasteiger partial charge in [0.25, 0.3) is 0 Å². The predicted molar refractivity (Wildman–Crippen MR) is 117 cm³/mol. The van der Waals surface area contributed by atoms with E-state index >= 15 is 0 Å². The van der Waals surface area contributed by atoms with Crippen LogP contribution in [-0.2, 0) is 14.4 Å². The Balaban J connectivity index is 1.85. The van der Waals surface area contributed by atoms with Crippen molar-refractivity contribution in [3.8, 4) is 5.75 Å². The highest BCUT2D eigenvalue weighted by atomic mass is 19.1. The zero-order valence-electron chi connectivity index (χ0n) is 18.6. The lowest BCUT2D eigenvalue weighted by molar-refractivity contribution is -0.140. The lowest BCUT2D eigenvalue weighted by Crippen LogP contribution is -2.32. The molecule has 0 amide bonds. The van der Waals surface area contributed by atoms with Crippen LogP contribution < -0.4 is 10.2 Å². The summed E-state index contributed by atoms with van der Waals surface area (Å²) in [5, 5.41) is 10.5. The van der Waals surface area contributed by atoms with Crippen LogP contribution in [-0.4, -0.2) is 44.0 Å². The first-order valence-electron chi connectivity index (χ1n) is 10.9. The van der Waals surface area contributed by atoms with E-state index in [2.05, 4.69) is 10.2 Å². The van der Waals surface area contributed by atoms with Gasteiger partial charge in [-0.1, -0.05) is 24.3 Å². The molecular weight excluding hydrogens is 420 g/mol. The van der Waals surface area contributed by atoms with Crippen LogP contribution in [0.15, 0.2) is 42.5 Å². The molecule has 1 aromatic rings. The first-order chi connectivity index (χ1) is 15.4. The van der Waals surface area contributed by atoms with Gasteiger partial charge in [0.15, 0.2) is 0 Å². The average Bonchev–Trinajstić information content (AvgIpc) is 3.04. The number of carbonyl (C=O) groups excluding carboxylic acids is 1. The summed E-state index contributed by atoms with van der Waals surface area (Å²) in [4.78, 5) is 16.2. The van der Waals surface area contributed by atoms with E-state index in [1.54, 1.807) is 7.11 Å². The number of unbranched alkanes of at least 4 members (excludes halogenated alkanes) is 1. The number of ether oxygens (including phenoxy) is 2. The van der Waals surface area contributed by atoms with Crippen LogP contribution in [0.5, 0.6) is 5.75 Å². The van der Waals surface area contributed by atoms with Crippen LogP contribution in [0.4, 0.5) is 8.78 Å². The zero-order valence-corrected chi connectivity index (χ0v) is 18.6. The van der Waals surface area contributed by atoms with Crippen LogP contribution in [0.25, 0.3) is 0 Å². The third-order valence-corrected chi connectivity index (χ3v) is 5.52. The number of aliphatic hydroxyl groups is 1. The third kappa shape index (κ3) is 8.68. The number of methoxy groups -OCH3 is 1. The van der Waals surface area contributed by atoms with Gasteiger partial charge in [0.05, 0.1) is 26.9 Å². The van der Waals surface area contributed by atoms with E-state index in [1.807, 2.05) is 24.3 Å². The first-order valence-corrected chi connectivity index (χ1v) is 10.9. The van der Waals surface area contributed by atoms with E-state index in [1.165, 1.54) is 7.11 Å². The van der Waals surface area contributed by atoms with Gasteiger partial charge in [-0.3, -0.25) is 4.79 Å². The Morgan fingerprint density at radius 2 is 1.91 bits per heavy atom. The number of allylic oxidation sites excluding steroid dienone is 2. The number of hydrogen-bond acceptors (Lipinski definition) is 6. The summed E-state index contributed by atoms with van der Waals surface area (Å²) in [5.74, 6) is -1.34. The molecule has 178 valence electrons. The van der Waals surface area contributed by atoms with Gasteiger partial charge in [-0.05, 0) is 38.0 Å². The lowest BCUT2D eigenvalue weighted by Gasteiger charge is -2.21. The number of nitrogens with one attached hydrogen (secondary N) is 1. The van der Waals surface area contributed by atoms with Crippen molar-refractivity contribution in [2.45, 2.75) is 50.7 Å². The Labute approximate surface area is 188 Å². The van der Waals surface area contributed by atoms with Crippen molar-refractivity contribution in [3.63, 3.8) is 0 Å². The molecule has 0 saturated heterocycles. The minimum Gasteiger partial charge on any atom is -0.493 e. The summed E-state index contributed by atoms with van der Waals surface area (Å²) in [5.41, 5.74) is 2.96. The number of hydrogen-bond donors (Lipinski definition) is 2. The molecule has 2 N–H and O–H groups in total. The summed E-state index contributed by atoms with van der Waals surface area (Å²) in [6, 6.07) is 3.06. The largest absolute Gasteiger partial charge is 0.493 e. The second-order valence-electron chi connectivity index (χ2n) is 7.82. The molecule has 4 atom stereocenters. The fourth-order valence-electron chi connectivity index (χ4n) is 3.96. The van der Waals surface area contributed by atoms with Gasteiger partial charge < -0.3 is 19.4 Å². The SMILES string of the molecule is CONC1CC(O)[C@H](C/C=C\CCCC(=O)OC)[C@H]1/C=C/CCOc1cc(F)cc(F)c1. The molecule has 0 spiro atoms. The van der Waals surface area contributed by atoms with Crippen molar-refractivity contribution in [1.29, 1.82) is 0 Å². The molecule has 0 aromatic heterocycles. The predicted octanol–water partition coefficient (Wildman–Crippen LogP) is 4.10. The maximum Gasteiger partial charge on any atom is 0.305 e. The third-order valence-electron chi connectivity index (χ3n) is 5.52. The molecule has 6 nitrogen and oxygen atoms in total. The number of rotatable bonds is 13. The van der Waals surface area contributed by atoms with Crippen molar-refractivity contribution in [1.82, 2.24) is 5.48 Å². The van der Waals surface area contributed by atoms with Crippen LogP contribution >= 0.6 is 0 Å². The van der Waals surface area contributed by atoms with Crippen LogP contribution in [0.1, 0.15) is 38.5 Å². The van der Waals surface area contributed by atoms with Gasteiger partial charge in [0, 0.05) is 36.6 Å². The Bertz CT molecular complexity index is 751. The van der Waals surface area contributed by atoms with Crippen molar-refractivity contribution in [2.24, 2.45) is 11.8 Å². The second kappa shape index (κ2) is 14.0. The molecule has 1 aliphatic rings. The summed E-state index contributed by atoms with van der Waals surface area (Å²) in [7, 11) is 2.93. The van der Waals surface area contributed by atoms with Crippen molar-refractivity contribution >= 4 is 5.97 Å². The zero-order chi connectivity index (χ0) is 23.3. The molecule has 0 aliphatic heterocycles. The van der Waals surface area contributed by atoms with Gasteiger partial charge in [-0.15, -0.1) is 0 Å². The van der Waals surface area contributed by atoms with E-state index in [4.69, 9.17) is 9.57 Å². The van der Waals surface area contributed by atoms with Crippen LogP contribution in [0, 0.1) is 23.5 Å². The molecular formula is C24H33F2NO5. The second-order valence-corrected chi connectivity index (χ2v) is 7.82. The number of carbonyl (C=O) groups is 1. The molecule has 2 unspecified atom stereocenters. The number of benzene rings is 1. The monoisotopic (exact) mass is 453 g/mol. The number of halogens is 2. The molecule has 1 aromatic carbocycles. The fourth-order valence-corrected chi connectivity index (χ4v) is 3.96. The van der Waals surface area contributed by atoms with E-state index in [-0.39, 0.29) is 36.2 Å². The van der Waals surface area contributed by atoms with Gasteiger partial charge >= 0.3 is 5.97 Å². The summed E-state index contributed by atoms with van der Waals surface area (Å²) >= 11 is 0. The van der Waals surface area contributed by atoms with Crippen molar-refractivity contribution in [2.75, 3.05) is 20.8 Å². The number of hydroxylamine groups is 1. The van der Waals surface area contributed by atoms with E-state index in [9.17, 15) is 18.7 Å². The van der Waals surface area contributed by atoms with Gasteiger partial charge in [-0.25, -0.2) is 8.78 Å². The normalized spacial score (nSPS) is 23.3. The fraction of sp³-hybridized carbons (Fsp3) is 0.542. The molecule has 0 bridgehead atoms. The molecule has 0 radical (unpaired) electrons. The van der Waals surface area contributed by atoms with Crippen molar-refractivity contribution in [3.05, 3.63) is 54.1 Å². The Morgan fingerprint density at radius 3 is 2.59 bits per heavy atom. The Morgan fingerprint density at radius 1 is 1.16 bits per heavy atom. The highest BCUT2D eigenvalue weighted by Crippen LogP contribution is 2.36. The molecule has 1 saturated carbocycles. The van der Waals surface area contributed by atoms with E-state index < -0.39 is 17.7 Å². The number of esters is 1. The first kappa shape index (κ1) is 26.0. The van der Waals surface area contributed by atoms with Gasteiger partial charge in [-0.2, -0.15) is 5.48 Å². The summed E-state index contributed by atoms with van der Waals surface area (Å²) < 4.78 is 36.5. The molecule has 1 aliphatic carbocycles. The highest BCUT2D eigenvalue weighted by molar-refractivity contribution is 5.69. The standard InChI is InChI=1S/C24H33F2NO5/c1-30-24(29)11-6-4-3-5-10-21-20(22(27-31-2)16-23(21)28)9-7-8-12-32-19-14-17(25)13-18(26)15-19/h3,5,7,9,13-15,20-23,27-28H,4,6,8,10-12,16H2,1-2H3/b5-3-,9-7+/t20-,21-,22?,23?/m1/s1.